The van der Waals surface area contributed by atoms with Crippen molar-refractivity contribution in [2.24, 2.45) is 0 Å². The summed E-state index contributed by atoms with van der Waals surface area (Å²) in [6.07, 6.45) is 3.85. The second kappa shape index (κ2) is 6.56. The van der Waals surface area contributed by atoms with Gasteiger partial charge in [0.1, 0.15) is 5.60 Å². The summed E-state index contributed by atoms with van der Waals surface area (Å²) < 4.78 is 17.7. The van der Waals surface area contributed by atoms with Gasteiger partial charge in [-0.3, -0.25) is 9.19 Å². The number of carbonyl (C=O) groups is 1. The van der Waals surface area contributed by atoms with Crippen molar-refractivity contribution in [3.63, 3.8) is 0 Å². The molecule has 0 N–H and O–H groups in total. The lowest BCUT2D eigenvalue weighted by molar-refractivity contribution is 0.0295. The molecular weight excluding hydrogens is 288 g/mol. The highest BCUT2D eigenvalue weighted by Crippen LogP contribution is 2.20. The van der Waals surface area contributed by atoms with Gasteiger partial charge in [0, 0.05) is 42.0 Å². The van der Waals surface area contributed by atoms with Gasteiger partial charge in [-0.25, -0.2) is 4.79 Å². The van der Waals surface area contributed by atoms with Gasteiger partial charge >= 0.3 is 6.09 Å². The van der Waals surface area contributed by atoms with Gasteiger partial charge in [0.25, 0.3) is 0 Å². The number of amides is 1. The Morgan fingerprint density at radius 1 is 1.43 bits per heavy atom. The zero-order valence-corrected chi connectivity index (χ0v) is 13.6. The maximum Gasteiger partial charge on any atom is 0.410 e. The van der Waals surface area contributed by atoms with Crippen molar-refractivity contribution in [1.29, 1.82) is 0 Å². The summed E-state index contributed by atoms with van der Waals surface area (Å²) in [4.78, 5) is 17.6. The molecule has 2 atom stereocenters. The Morgan fingerprint density at radius 3 is 2.71 bits per heavy atom. The summed E-state index contributed by atoms with van der Waals surface area (Å²) in [6.45, 7) is 6.66. The molecule has 5 nitrogen and oxygen atoms in total. The Hall–Kier alpha value is -1.43. The van der Waals surface area contributed by atoms with Crippen LogP contribution in [0.15, 0.2) is 24.5 Å². The SMILES string of the molecule is CC(C)(C)OC(=O)N1CC[C@@H]([S@@](=O)Cc2ccncc2)C1. The van der Waals surface area contributed by atoms with E-state index in [1.165, 1.54) is 0 Å². The molecule has 0 unspecified atom stereocenters. The largest absolute Gasteiger partial charge is 0.444 e. The Morgan fingerprint density at radius 2 is 2.10 bits per heavy atom. The number of likely N-dealkylation sites (tertiary alicyclic amines) is 1. The van der Waals surface area contributed by atoms with Gasteiger partial charge in [0.05, 0.1) is 5.25 Å². The second-order valence-electron chi connectivity index (χ2n) is 6.22. The molecule has 1 aromatic rings. The predicted molar refractivity (Wildman–Crippen MR) is 82.3 cm³/mol. The quantitative estimate of drug-likeness (QED) is 0.860. The van der Waals surface area contributed by atoms with E-state index >= 15 is 0 Å². The highest BCUT2D eigenvalue weighted by atomic mass is 32.2. The van der Waals surface area contributed by atoms with Crippen LogP contribution in [0.1, 0.15) is 32.8 Å². The molecule has 1 aliphatic heterocycles. The minimum Gasteiger partial charge on any atom is -0.444 e. The minimum absolute atomic E-state index is 0.0192. The summed E-state index contributed by atoms with van der Waals surface area (Å²) >= 11 is 0. The maximum absolute atomic E-state index is 12.4. The predicted octanol–water partition coefficient (Wildman–Crippen LogP) is 2.34. The number of hydrogen-bond acceptors (Lipinski definition) is 4. The van der Waals surface area contributed by atoms with E-state index in [-0.39, 0.29) is 11.3 Å². The van der Waals surface area contributed by atoms with Crippen LogP contribution >= 0.6 is 0 Å². The Kier molecular flexibility index (Phi) is 4.98. The second-order valence-corrected chi connectivity index (χ2v) is 7.93. The van der Waals surface area contributed by atoms with Gasteiger partial charge in [-0.15, -0.1) is 0 Å². The summed E-state index contributed by atoms with van der Waals surface area (Å²) in [5.41, 5.74) is 0.518. The van der Waals surface area contributed by atoms with Crippen LogP contribution in [0.5, 0.6) is 0 Å². The van der Waals surface area contributed by atoms with E-state index in [1.807, 2.05) is 32.9 Å². The summed E-state index contributed by atoms with van der Waals surface area (Å²) in [7, 11) is -0.984. The van der Waals surface area contributed by atoms with Crippen molar-refractivity contribution in [2.75, 3.05) is 13.1 Å². The zero-order valence-electron chi connectivity index (χ0n) is 12.7. The molecule has 0 radical (unpaired) electrons. The van der Waals surface area contributed by atoms with Crippen LogP contribution < -0.4 is 0 Å². The molecule has 0 spiro atoms. The van der Waals surface area contributed by atoms with E-state index in [4.69, 9.17) is 4.74 Å². The Balaban J connectivity index is 1.87. The molecule has 1 aromatic heterocycles. The molecule has 2 heterocycles. The lowest BCUT2D eigenvalue weighted by Gasteiger charge is -2.24. The average Bonchev–Trinajstić information content (AvgIpc) is 2.87. The Bertz CT molecular complexity index is 513. The fourth-order valence-electron chi connectivity index (χ4n) is 2.20. The molecule has 0 aliphatic carbocycles. The van der Waals surface area contributed by atoms with E-state index < -0.39 is 16.4 Å². The van der Waals surface area contributed by atoms with Gasteiger partial charge < -0.3 is 9.64 Å². The smallest absolute Gasteiger partial charge is 0.410 e. The number of pyridine rings is 1. The summed E-state index contributed by atoms with van der Waals surface area (Å²) in [6, 6.07) is 3.75. The molecule has 1 fully saturated rings. The van der Waals surface area contributed by atoms with Crippen LogP contribution in [-0.2, 0) is 21.3 Å². The molecule has 6 heteroatoms. The van der Waals surface area contributed by atoms with Gasteiger partial charge in [0.15, 0.2) is 0 Å². The first-order chi connectivity index (χ1) is 9.85. The van der Waals surface area contributed by atoms with Gasteiger partial charge in [-0.1, -0.05) is 0 Å². The number of ether oxygens (including phenoxy) is 1. The van der Waals surface area contributed by atoms with Crippen LogP contribution in [0.3, 0.4) is 0 Å². The van der Waals surface area contributed by atoms with Crippen LogP contribution in [-0.4, -0.2) is 44.1 Å². The normalized spacial score (nSPS) is 20.3. The summed E-state index contributed by atoms with van der Waals surface area (Å²) in [5.74, 6) is 0.509. The lowest BCUT2D eigenvalue weighted by Crippen LogP contribution is -2.36. The van der Waals surface area contributed by atoms with E-state index in [1.54, 1.807) is 17.3 Å². The van der Waals surface area contributed by atoms with E-state index in [2.05, 4.69) is 4.98 Å². The molecule has 0 saturated carbocycles. The van der Waals surface area contributed by atoms with Crippen molar-refractivity contribution >= 4 is 16.9 Å². The molecule has 1 saturated heterocycles. The molecular formula is C15H22N2O3S. The number of aromatic nitrogens is 1. The van der Waals surface area contributed by atoms with Crippen molar-refractivity contribution in [2.45, 2.75) is 43.8 Å². The Labute approximate surface area is 128 Å². The monoisotopic (exact) mass is 310 g/mol. The fraction of sp³-hybridized carbons (Fsp3) is 0.600. The third-order valence-corrected chi connectivity index (χ3v) is 4.97. The zero-order chi connectivity index (χ0) is 15.5. The molecule has 1 amide bonds. The number of rotatable bonds is 3. The molecule has 1 aliphatic rings. The first-order valence-electron chi connectivity index (χ1n) is 7.09. The van der Waals surface area contributed by atoms with Gasteiger partial charge in [-0.05, 0) is 44.9 Å². The van der Waals surface area contributed by atoms with E-state index in [9.17, 15) is 9.00 Å². The molecule has 21 heavy (non-hydrogen) atoms. The summed E-state index contributed by atoms with van der Waals surface area (Å²) in [5, 5.41) is 0.0192. The highest BCUT2D eigenvalue weighted by Gasteiger charge is 2.32. The van der Waals surface area contributed by atoms with E-state index in [0.29, 0.717) is 18.8 Å². The molecule has 0 bridgehead atoms. The fourth-order valence-corrected chi connectivity index (χ4v) is 3.67. The van der Waals surface area contributed by atoms with Crippen LogP contribution in [0, 0.1) is 0 Å². The van der Waals surface area contributed by atoms with Crippen molar-refractivity contribution < 1.29 is 13.7 Å². The standard InChI is InChI=1S/C15H22N2O3S/c1-15(2,3)20-14(18)17-9-6-13(10-17)21(19)11-12-4-7-16-8-5-12/h4-5,7-8,13H,6,9-11H2,1-3H3/t13-,21+/m1/s1. The van der Waals surface area contributed by atoms with E-state index in [0.717, 1.165) is 12.0 Å². The lowest BCUT2D eigenvalue weighted by atomic mass is 10.2. The highest BCUT2D eigenvalue weighted by molar-refractivity contribution is 7.84. The van der Waals surface area contributed by atoms with Crippen LogP contribution in [0.25, 0.3) is 0 Å². The third-order valence-electron chi connectivity index (χ3n) is 3.23. The minimum atomic E-state index is -0.984. The average molecular weight is 310 g/mol. The number of carbonyl (C=O) groups excluding carboxylic acids is 1. The van der Waals surface area contributed by atoms with Crippen molar-refractivity contribution in [1.82, 2.24) is 9.88 Å². The first kappa shape index (κ1) is 15.9. The molecule has 0 aromatic carbocycles. The van der Waals surface area contributed by atoms with Crippen molar-refractivity contribution in [3.8, 4) is 0 Å². The van der Waals surface area contributed by atoms with Crippen LogP contribution in [0.4, 0.5) is 4.79 Å². The molecule has 116 valence electrons. The van der Waals surface area contributed by atoms with Gasteiger partial charge in [-0.2, -0.15) is 0 Å². The number of hydrogen-bond donors (Lipinski definition) is 0. The first-order valence-corrected chi connectivity index (χ1v) is 8.47. The van der Waals surface area contributed by atoms with Crippen molar-refractivity contribution in [3.05, 3.63) is 30.1 Å². The van der Waals surface area contributed by atoms with Gasteiger partial charge in [0.2, 0.25) is 0 Å². The third kappa shape index (κ3) is 4.81. The molecule has 2 rings (SSSR count). The van der Waals surface area contributed by atoms with Crippen LogP contribution in [0.2, 0.25) is 0 Å². The maximum atomic E-state index is 12.4. The topological polar surface area (TPSA) is 59.5 Å². The number of nitrogens with zero attached hydrogens (tertiary/aromatic N) is 2.